The molecule has 4 heteroatoms. The minimum atomic E-state index is -0.0757. The Morgan fingerprint density at radius 1 is 1.56 bits per heavy atom. The molecule has 86 valence electrons. The summed E-state index contributed by atoms with van der Waals surface area (Å²) in [4.78, 5) is 11.8. The summed E-state index contributed by atoms with van der Waals surface area (Å²) in [5.41, 5.74) is 1.63. The highest BCUT2D eigenvalue weighted by Crippen LogP contribution is 2.20. The quantitative estimate of drug-likeness (QED) is 0.660. The van der Waals surface area contributed by atoms with Gasteiger partial charge in [-0.3, -0.25) is 4.79 Å². The smallest absolute Gasteiger partial charge is 0.241 e. The largest absolute Gasteiger partial charge is 0.508 e. The first-order chi connectivity index (χ1) is 7.66. The molecule has 16 heavy (non-hydrogen) atoms. The van der Waals surface area contributed by atoms with E-state index in [4.69, 9.17) is 0 Å². The number of carbonyl (C=O) groups excluding carboxylic acids is 1. The third-order valence-corrected chi connectivity index (χ3v) is 2.84. The molecule has 1 aliphatic rings. The SMILES string of the molecule is Cc1cc(O)ccc1NC(=O)[C@@H]1CCCN1. The Hall–Kier alpha value is -1.55. The van der Waals surface area contributed by atoms with E-state index in [0.29, 0.717) is 0 Å². The summed E-state index contributed by atoms with van der Waals surface area (Å²) in [6.45, 7) is 2.77. The number of aromatic hydroxyl groups is 1. The zero-order valence-electron chi connectivity index (χ0n) is 9.29. The summed E-state index contributed by atoms with van der Waals surface area (Å²) in [6.07, 6.45) is 1.94. The van der Waals surface area contributed by atoms with E-state index in [-0.39, 0.29) is 17.7 Å². The average molecular weight is 220 g/mol. The van der Waals surface area contributed by atoms with Crippen LogP contribution in [0.3, 0.4) is 0 Å². The van der Waals surface area contributed by atoms with Crippen molar-refractivity contribution in [2.45, 2.75) is 25.8 Å². The van der Waals surface area contributed by atoms with E-state index in [1.54, 1.807) is 18.2 Å². The Morgan fingerprint density at radius 3 is 3.00 bits per heavy atom. The van der Waals surface area contributed by atoms with Crippen molar-refractivity contribution in [3.05, 3.63) is 23.8 Å². The molecular weight excluding hydrogens is 204 g/mol. The molecule has 1 amide bonds. The third kappa shape index (κ3) is 2.33. The molecular formula is C12H16N2O2. The van der Waals surface area contributed by atoms with Gasteiger partial charge in [0.15, 0.2) is 0 Å². The van der Waals surface area contributed by atoms with Crippen LogP contribution in [0, 0.1) is 6.92 Å². The van der Waals surface area contributed by atoms with Crippen LogP contribution in [0.5, 0.6) is 5.75 Å². The van der Waals surface area contributed by atoms with Gasteiger partial charge in [0.05, 0.1) is 6.04 Å². The topological polar surface area (TPSA) is 61.4 Å². The molecule has 1 aromatic carbocycles. The van der Waals surface area contributed by atoms with E-state index in [1.165, 1.54) is 0 Å². The molecule has 1 aliphatic heterocycles. The van der Waals surface area contributed by atoms with Gasteiger partial charge in [0.1, 0.15) is 5.75 Å². The fourth-order valence-corrected chi connectivity index (χ4v) is 1.92. The highest BCUT2D eigenvalue weighted by Gasteiger charge is 2.22. The van der Waals surface area contributed by atoms with Crippen LogP contribution >= 0.6 is 0 Å². The third-order valence-electron chi connectivity index (χ3n) is 2.84. The van der Waals surface area contributed by atoms with E-state index >= 15 is 0 Å². The molecule has 4 nitrogen and oxygen atoms in total. The minimum Gasteiger partial charge on any atom is -0.508 e. The van der Waals surface area contributed by atoms with Crippen molar-refractivity contribution >= 4 is 11.6 Å². The lowest BCUT2D eigenvalue weighted by molar-refractivity contribution is -0.117. The van der Waals surface area contributed by atoms with Crippen LogP contribution in [-0.4, -0.2) is 23.6 Å². The molecule has 0 saturated carbocycles. The molecule has 0 spiro atoms. The van der Waals surface area contributed by atoms with E-state index < -0.39 is 0 Å². The van der Waals surface area contributed by atoms with Gasteiger partial charge in [-0.1, -0.05) is 0 Å². The van der Waals surface area contributed by atoms with Gasteiger partial charge in [0, 0.05) is 5.69 Å². The van der Waals surface area contributed by atoms with Gasteiger partial charge in [-0.05, 0) is 50.1 Å². The molecule has 1 fully saturated rings. The van der Waals surface area contributed by atoms with Crippen molar-refractivity contribution in [2.24, 2.45) is 0 Å². The minimum absolute atomic E-state index is 0.00582. The van der Waals surface area contributed by atoms with E-state index in [9.17, 15) is 9.90 Å². The first kappa shape index (κ1) is 11.0. The second-order valence-corrected chi connectivity index (χ2v) is 4.14. The lowest BCUT2D eigenvalue weighted by atomic mass is 10.1. The summed E-state index contributed by atoms with van der Waals surface area (Å²) in [5.74, 6) is 0.223. The zero-order chi connectivity index (χ0) is 11.5. The normalized spacial score (nSPS) is 19.7. The number of anilines is 1. The van der Waals surface area contributed by atoms with Gasteiger partial charge >= 0.3 is 0 Å². The summed E-state index contributed by atoms with van der Waals surface area (Å²) in [5, 5.41) is 15.3. The van der Waals surface area contributed by atoms with Crippen molar-refractivity contribution in [3.63, 3.8) is 0 Å². The molecule has 0 unspecified atom stereocenters. The Labute approximate surface area is 94.7 Å². The predicted molar refractivity (Wildman–Crippen MR) is 62.5 cm³/mol. The molecule has 1 heterocycles. The Bertz CT molecular complexity index is 398. The number of hydrogen-bond acceptors (Lipinski definition) is 3. The van der Waals surface area contributed by atoms with Crippen LogP contribution in [0.1, 0.15) is 18.4 Å². The highest BCUT2D eigenvalue weighted by atomic mass is 16.3. The molecule has 3 N–H and O–H groups in total. The number of rotatable bonds is 2. The molecule has 1 atom stereocenters. The Morgan fingerprint density at radius 2 is 2.38 bits per heavy atom. The van der Waals surface area contributed by atoms with Gasteiger partial charge < -0.3 is 15.7 Å². The van der Waals surface area contributed by atoms with Crippen molar-refractivity contribution in [2.75, 3.05) is 11.9 Å². The number of benzene rings is 1. The summed E-state index contributed by atoms with van der Waals surface area (Å²) >= 11 is 0. The predicted octanol–water partition coefficient (Wildman–Crippen LogP) is 1.39. The van der Waals surface area contributed by atoms with Crippen LogP contribution in [0.15, 0.2) is 18.2 Å². The summed E-state index contributed by atoms with van der Waals surface area (Å²) in [7, 11) is 0. The molecule has 0 bridgehead atoms. The van der Waals surface area contributed by atoms with E-state index in [0.717, 1.165) is 30.6 Å². The summed E-state index contributed by atoms with van der Waals surface area (Å²) < 4.78 is 0. The van der Waals surface area contributed by atoms with Crippen LogP contribution in [0.4, 0.5) is 5.69 Å². The van der Waals surface area contributed by atoms with Crippen molar-refractivity contribution in [3.8, 4) is 5.75 Å². The maximum atomic E-state index is 11.8. The molecule has 1 saturated heterocycles. The van der Waals surface area contributed by atoms with Crippen molar-refractivity contribution < 1.29 is 9.90 Å². The number of phenols is 1. The number of aryl methyl sites for hydroxylation is 1. The van der Waals surface area contributed by atoms with Crippen LogP contribution in [-0.2, 0) is 4.79 Å². The highest BCUT2D eigenvalue weighted by molar-refractivity contribution is 5.95. The number of hydrogen-bond donors (Lipinski definition) is 3. The maximum Gasteiger partial charge on any atom is 0.241 e. The van der Waals surface area contributed by atoms with Crippen LogP contribution in [0.2, 0.25) is 0 Å². The number of nitrogens with one attached hydrogen (secondary N) is 2. The van der Waals surface area contributed by atoms with E-state index in [1.807, 2.05) is 6.92 Å². The molecule has 0 radical (unpaired) electrons. The monoisotopic (exact) mass is 220 g/mol. The Balaban J connectivity index is 2.05. The van der Waals surface area contributed by atoms with Gasteiger partial charge in [0.25, 0.3) is 0 Å². The van der Waals surface area contributed by atoms with Crippen molar-refractivity contribution in [1.29, 1.82) is 0 Å². The van der Waals surface area contributed by atoms with Gasteiger partial charge in [-0.25, -0.2) is 0 Å². The average Bonchev–Trinajstić information content (AvgIpc) is 2.75. The maximum absolute atomic E-state index is 11.8. The first-order valence-corrected chi connectivity index (χ1v) is 5.50. The standard InChI is InChI=1S/C12H16N2O2/c1-8-7-9(15)4-5-10(8)14-12(16)11-3-2-6-13-11/h4-5,7,11,13,15H,2-3,6H2,1H3,(H,14,16)/t11-/m0/s1. The summed E-state index contributed by atoms with van der Waals surface area (Å²) in [6, 6.07) is 4.85. The van der Waals surface area contributed by atoms with Crippen LogP contribution in [0.25, 0.3) is 0 Å². The zero-order valence-corrected chi connectivity index (χ0v) is 9.29. The van der Waals surface area contributed by atoms with Gasteiger partial charge in [-0.2, -0.15) is 0 Å². The number of phenolic OH excluding ortho intramolecular Hbond substituents is 1. The second-order valence-electron chi connectivity index (χ2n) is 4.14. The molecule has 0 aliphatic carbocycles. The fraction of sp³-hybridized carbons (Fsp3) is 0.417. The van der Waals surface area contributed by atoms with Crippen LogP contribution < -0.4 is 10.6 Å². The molecule has 1 aromatic rings. The van der Waals surface area contributed by atoms with E-state index in [2.05, 4.69) is 10.6 Å². The van der Waals surface area contributed by atoms with Gasteiger partial charge in [-0.15, -0.1) is 0 Å². The molecule has 2 rings (SSSR count). The van der Waals surface area contributed by atoms with Crippen molar-refractivity contribution in [1.82, 2.24) is 5.32 Å². The number of carbonyl (C=O) groups is 1. The fourth-order valence-electron chi connectivity index (χ4n) is 1.92. The second kappa shape index (κ2) is 4.53. The lowest BCUT2D eigenvalue weighted by Gasteiger charge is -2.12. The lowest BCUT2D eigenvalue weighted by Crippen LogP contribution is -2.35. The molecule has 0 aromatic heterocycles. The number of amides is 1. The first-order valence-electron chi connectivity index (χ1n) is 5.50. The van der Waals surface area contributed by atoms with Gasteiger partial charge in [0.2, 0.25) is 5.91 Å². The Kier molecular flexibility index (Phi) is 3.10.